The molecule has 0 amide bonds. The Kier molecular flexibility index (Phi) is 28.1. The number of ether oxygens (including phenoxy) is 10. The summed E-state index contributed by atoms with van der Waals surface area (Å²) in [7, 11) is 0. The number of hydrogen-bond donors (Lipinski definition) is 2. The highest BCUT2D eigenvalue weighted by atomic mass is 16.6. The maximum atomic E-state index is 8.56. The Bertz CT molecular complexity index is 431. The Labute approximate surface area is 222 Å². The van der Waals surface area contributed by atoms with E-state index in [-0.39, 0.29) is 6.61 Å². The average molecular weight is 542 g/mol. The maximum absolute atomic E-state index is 8.56. The Morgan fingerprint density at radius 3 is 0.973 bits per heavy atom. The molecule has 0 aromatic carbocycles. The van der Waals surface area contributed by atoms with Gasteiger partial charge in [0, 0.05) is 0 Å². The van der Waals surface area contributed by atoms with Gasteiger partial charge in [-0.05, 0) is 25.9 Å². The summed E-state index contributed by atoms with van der Waals surface area (Å²) >= 11 is 0. The maximum Gasteiger partial charge on any atom is 0.0704 e. The van der Waals surface area contributed by atoms with Gasteiger partial charge < -0.3 is 57.8 Å². The number of aliphatic hydroxyl groups is 1. The normalized spacial score (nSPS) is 14.5. The fourth-order valence-electron chi connectivity index (χ4n) is 3.16. The molecular formula is C25H51NO11. The number of piperidine rings is 1. The van der Waals surface area contributed by atoms with E-state index >= 15 is 0 Å². The monoisotopic (exact) mass is 541 g/mol. The van der Waals surface area contributed by atoms with Gasteiger partial charge in [-0.25, -0.2) is 0 Å². The molecule has 12 nitrogen and oxygen atoms in total. The van der Waals surface area contributed by atoms with Crippen LogP contribution in [0, 0.1) is 0 Å². The summed E-state index contributed by atoms with van der Waals surface area (Å²) in [6.07, 6.45) is 2.54. The van der Waals surface area contributed by atoms with Crippen molar-refractivity contribution in [2.75, 3.05) is 145 Å². The minimum absolute atomic E-state index is 0.0299. The highest BCUT2D eigenvalue weighted by Gasteiger charge is 2.12. The lowest BCUT2D eigenvalue weighted by atomic mass is 10.1. The molecule has 37 heavy (non-hydrogen) atoms. The third-order valence-electron chi connectivity index (χ3n) is 5.08. The molecule has 0 unspecified atom stereocenters. The zero-order valence-electron chi connectivity index (χ0n) is 22.6. The molecule has 1 heterocycles. The van der Waals surface area contributed by atoms with Gasteiger partial charge in [0.2, 0.25) is 0 Å². The van der Waals surface area contributed by atoms with E-state index in [1.165, 1.54) is 0 Å². The zero-order chi connectivity index (χ0) is 26.3. The molecule has 0 atom stereocenters. The largest absolute Gasteiger partial charge is 0.394 e. The lowest BCUT2D eigenvalue weighted by Gasteiger charge is -2.22. The highest BCUT2D eigenvalue weighted by molar-refractivity contribution is 4.67. The van der Waals surface area contributed by atoms with E-state index < -0.39 is 0 Å². The van der Waals surface area contributed by atoms with E-state index in [4.69, 9.17) is 52.5 Å². The first kappa shape index (κ1) is 34.5. The quantitative estimate of drug-likeness (QED) is 0.118. The lowest BCUT2D eigenvalue weighted by molar-refractivity contribution is -0.0322. The predicted octanol–water partition coefficient (Wildman–Crippen LogP) is -0.103. The van der Waals surface area contributed by atoms with Gasteiger partial charge in [0.05, 0.1) is 138 Å². The van der Waals surface area contributed by atoms with Gasteiger partial charge in [-0.3, -0.25) is 0 Å². The van der Waals surface area contributed by atoms with Crippen molar-refractivity contribution in [2.24, 2.45) is 0 Å². The molecular weight excluding hydrogens is 490 g/mol. The molecule has 0 aromatic heterocycles. The van der Waals surface area contributed by atoms with E-state index in [0.29, 0.717) is 132 Å². The topological polar surface area (TPSA) is 125 Å². The molecule has 1 saturated heterocycles. The Hall–Kier alpha value is -0.480. The molecule has 1 rings (SSSR count). The number of rotatable bonds is 30. The summed E-state index contributed by atoms with van der Waals surface area (Å²) in [5.41, 5.74) is 0. The molecule has 1 aliphatic rings. The second-order valence-electron chi connectivity index (χ2n) is 8.06. The Morgan fingerprint density at radius 2 is 0.676 bits per heavy atom. The fourth-order valence-corrected chi connectivity index (χ4v) is 3.16. The van der Waals surface area contributed by atoms with Crippen LogP contribution in [0.15, 0.2) is 0 Å². The van der Waals surface area contributed by atoms with Crippen LogP contribution in [-0.4, -0.2) is 156 Å². The number of nitrogens with one attached hydrogen (secondary N) is 1. The second-order valence-corrected chi connectivity index (χ2v) is 8.06. The molecule has 0 radical (unpaired) electrons. The molecule has 0 spiro atoms. The van der Waals surface area contributed by atoms with Crippen molar-refractivity contribution in [3.05, 3.63) is 0 Å². The van der Waals surface area contributed by atoms with Crippen LogP contribution >= 0.6 is 0 Å². The van der Waals surface area contributed by atoms with Gasteiger partial charge in [-0.15, -0.1) is 0 Å². The van der Waals surface area contributed by atoms with Gasteiger partial charge in [0.1, 0.15) is 0 Å². The van der Waals surface area contributed by atoms with Gasteiger partial charge in [-0.1, -0.05) is 0 Å². The molecule has 0 bridgehead atoms. The summed E-state index contributed by atoms with van der Waals surface area (Å²) in [5, 5.41) is 11.9. The summed E-state index contributed by atoms with van der Waals surface area (Å²) in [6, 6.07) is 0. The van der Waals surface area contributed by atoms with E-state index in [1.54, 1.807) is 0 Å². The van der Waals surface area contributed by atoms with Crippen LogP contribution in [0.2, 0.25) is 0 Å². The standard InChI is InChI=1S/C25H51NO11/c27-5-6-28-7-8-29-9-10-30-11-12-31-13-14-32-15-16-33-17-18-34-19-20-35-21-22-36-23-24-37-25-1-3-26-4-2-25/h25-27H,1-24H2. The molecule has 2 N–H and O–H groups in total. The average Bonchev–Trinajstić information content (AvgIpc) is 2.93. The Balaban J connectivity index is 1.61. The minimum atomic E-state index is 0.0299. The van der Waals surface area contributed by atoms with Crippen molar-refractivity contribution in [3.8, 4) is 0 Å². The zero-order valence-corrected chi connectivity index (χ0v) is 22.6. The Morgan fingerprint density at radius 1 is 0.405 bits per heavy atom. The molecule has 12 heteroatoms. The van der Waals surface area contributed by atoms with Crippen LogP contribution in [0.5, 0.6) is 0 Å². The molecule has 222 valence electrons. The molecule has 1 fully saturated rings. The lowest BCUT2D eigenvalue weighted by Crippen LogP contribution is -2.33. The van der Waals surface area contributed by atoms with E-state index in [9.17, 15) is 0 Å². The first-order valence-electron chi connectivity index (χ1n) is 13.6. The van der Waals surface area contributed by atoms with Crippen LogP contribution in [0.3, 0.4) is 0 Å². The third-order valence-corrected chi connectivity index (χ3v) is 5.08. The van der Waals surface area contributed by atoms with Gasteiger partial charge >= 0.3 is 0 Å². The summed E-state index contributed by atoms with van der Waals surface area (Å²) in [6.45, 7) is 12.0. The molecule has 1 aliphatic heterocycles. The van der Waals surface area contributed by atoms with Crippen LogP contribution in [0.25, 0.3) is 0 Å². The molecule has 0 saturated carbocycles. The molecule has 0 aliphatic carbocycles. The summed E-state index contributed by atoms with van der Waals surface area (Å²) in [5.74, 6) is 0. The van der Waals surface area contributed by atoms with Crippen molar-refractivity contribution >= 4 is 0 Å². The van der Waals surface area contributed by atoms with Gasteiger partial charge in [0.25, 0.3) is 0 Å². The van der Waals surface area contributed by atoms with Crippen molar-refractivity contribution in [1.82, 2.24) is 5.32 Å². The first-order chi connectivity index (χ1) is 18.4. The smallest absolute Gasteiger partial charge is 0.0704 e. The van der Waals surface area contributed by atoms with Crippen LogP contribution in [0.1, 0.15) is 12.8 Å². The van der Waals surface area contributed by atoms with E-state index in [1.807, 2.05) is 0 Å². The summed E-state index contributed by atoms with van der Waals surface area (Å²) < 4.78 is 54.4. The SMILES string of the molecule is OCCOCCOCCOCCOCCOCCOCCOCCOCCOCCOC1CCNCC1. The number of aliphatic hydroxyl groups excluding tert-OH is 1. The van der Waals surface area contributed by atoms with Crippen LogP contribution < -0.4 is 5.32 Å². The second kappa shape index (κ2) is 30.1. The van der Waals surface area contributed by atoms with Crippen molar-refractivity contribution in [2.45, 2.75) is 18.9 Å². The van der Waals surface area contributed by atoms with Crippen molar-refractivity contribution in [1.29, 1.82) is 0 Å². The van der Waals surface area contributed by atoms with E-state index in [2.05, 4.69) is 5.32 Å². The first-order valence-corrected chi connectivity index (χ1v) is 13.6. The van der Waals surface area contributed by atoms with Crippen molar-refractivity contribution in [3.63, 3.8) is 0 Å². The number of hydrogen-bond acceptors (Lipinski definition) is 12. The predicted molar refractivity (Wildman–Crippen MR) is 136 cm³/mol. The third kappa shape index (κ3) is 26.9. The van der Waals surface area contributed by atoms with Crippen LogP contribution in [0.4, 0.5) is 0 Å². The summed E-state index contributed by atoms with van der Waals surface area (Å²) in [4.78, 5) is 0. The van der Waals surface area contributed by atoms with Gasteiger partial charge in [0.15, 0.2) is 0 Å². The fraction of sp³-hybridized carbons (Fsp3) is 1.00. The van der Waals surface area contributed by atoms with Crippen molar-refractivity contribution < 1.29 is 52.5 Å². The van der Waals surface area contributed by atoms with Gasteiger partial charge in [-0.2, -0.15) is 0 Å². The molecule has 0 aromatic rings. The highest BCUT2D eigenvalue weighted by Crippen LogP contribution is 2.06. The van der Waals surface area contributed by atoms with E-state index in [0.717, 1.165) is 25.9 Å². The van der Waals surface area contributed by atoms with Crippen LogP contribution in [-0.2, 0) is 47.4 Å². The minimum Gasteiger partial charge on any atom is -0.394 e.